The van der Waals surface area contributed by atoms with Gasteiger partial charge < -0.3 is 10.1 Å². The number of benzene rings is 1. The summed E-state index contributed by atoms with van der Waals surface area (Å²) in [4.78, 5) is 16.8. The predicted octanol–water partition coefficient (Wildman–Crippen LogP) is 2.52. The summed E-state index contributed by atoms with van der Waals surface area (Å²) >= 11 is 0. The van der Waals surface area contributed by atoms with Crippen LogP contribution in [-0.4, -0.2) is 43.3 Å². The zero-order valence-corrected chi connectivity index (χ0v) is 16.0. The molecule has 1 aromatic carbocycles. The van der Waals surface area contributed by atoms with Crippen LogP contribution >= 0.6 is 0 Å². The summed E-state index contributed by atoms with van der Waals surface area (Å²) in [6.45, 7) is 2.92. The summed E-state index contributed by atoms with van der Waals surface area (Å²) in [7, 11) is -3.65. The lowest BCUT2D eigenvalue weighted by atomic mass is 9.98. The Bertz CT molecular complexity index is 887. The summed E-state index contributed by atoms with van der Waals surface area (Å²) < 4.78 is 32.5. The number of carbonyl (C=O) groups excluding carboxylic acids is 1. The Hall–Kier alpha value is -2.45. The van der Waals surface area contributed by atoms with Crippen molar-refractivity contribution in [3.05, 3.63) is 48.8 Å². The second-order valence-corrected chi connectivity index (χ2v) is 8.25. The molecule has 0 radical (unpaired) electrons. The first-order chi connectivity index (χ1) is 13.0. The monoisotopic (exact) mass is 389 g/mol. The van der Waals surface area contributed by atoms with E-state index in [1.165, 1.54) is 22.8 Å². The summed E-state index contributed by atoms with van der Waals surface area (Å²) in [5, 5.41) is 2.88. The molecule has 1 saturated heterocycles. The van der Waals surface area contributed by atoms with Gasteiger partial charge in [0, 0.05) is 25.5 Å². The van der Waals surface area contributed by atoms with Crippen LogP contribution in [0, 0.1) is 5.92 Å². The molecule has 1 aliphatic rings. The summed E-state index contributed by atoms with van der Waals surface area (Å²) in [6.07, 6.45) is 4.13. The number of piperidine rings is 1. The molecule has 2 aromatic rings. The van der Waals surface area contributed by atoms with Crippen LogP contribution in [0.1, 0.15) is 19.8 Å². The molecule has 8 heteroatoms. The highest BCUT2D eigenvalue weighted by Crippen LogP contribution is 2.27. The van der Waals surface area contributed by atoms with Gasteiger partial charge >= 0.3 is 0 Å². The average Bonchev–Trinajstić information content (AvgIpc) is 2.70. The normalized spacial score (nSPS) is 18.0. The van der Waals surface area contributed by atoms with Crippen molar-refractivity contribution in [2.75, 3.05) is 25.0 Å². The maximum Gasteiger partial charge on any atom is 0.244 e. The number of para-hydroxylation sites is 2. The molecular weight excluding hydrogens is 366 g/mol. The Morgan fingerprint density at radius 1 is 1.30 bits per heavy atom. The van der Waals surface area contributed by atoms with E-state index in [1.54, 1.807) is 18.2 Å². The minimum absolute atomic E-state index is 0.146. The molecule has 2 heterocycles. The molecular formula is C19H23N3O4S. The number of hydrogen-bond acceptors (Lipinski definition) is 5. The highest BCUT2D eigenvalue weighted by molar-refractivity contribution is 7.89. The zero-order valence-electron chi connectivity index (χ0n) is 15.2. The lowest BCUT2D eigenvalue weighted by Gasteiger charge is -2.31. The van der Waals surface area contributed by atoms with Crippen molar-refractivity contribution in [2.45, 2.75) is 24.7 Å². The van der Waals surface area contributed by atoms with Gasteiger partial charge in [0.25, 0.3) is 0 Å². The van der Waals surface area contributed by atoms with Gasteiger partial charge in [0.1, 0.15) is 10.6 Å². The molecule has 3 rings (SSSR count). The number of hydrogen-bond donors (Lipinski definition) is 1. The maximum absolute atomic E-state index is 12.8. The first kappa shape index (κ1) is 19.3. The second-order valence-electron chi connectivity index (χ2n) is 6.31. The second kappa shape index (κ2) is 8.49. The van der Waals surface area contributed by atoms with Gasteiger partial charge in [0.2, 0.25) is 15.9 Å². The van der Waals surface area contributed by atoms with E-state index in [1.807, 2.05) is 19.1 Å². The number of ether oxygens (including phenoxy) is 1. The van der Waals surface area contributed by atoms with Crippen LogP contribution in [0.5, 0.6) is 5.75 Å². The van der Waals surface area contributed by atoms with E-state index < -0.39 is 15.9 Å². The molecule has 1 N–H and O–H groups in total. The molecule has 0 aliphatic carbocycles. The number of aromatic nitrogens is 1. The molecule has 1 fully saturated rings. The van der Waals surface area contributed by atoms with Gasteiger partial charge in [-0.25, -0.2) is 8.42 Å². The largest absolute Gasteiger partial charge is 0.492 e. The predicted molar refractivity (Wildman–Crippen MR) is 102 cm³/mol. The fourth-order valence-electron chi connectivity index (χ4n) is 3.11. The number of nitrogens with one attached hydrogen (secondary N) is 1. The minimum Gasteiger partial charge on any atom is -0.492 e. The molecule has 0 spiro atoms. The molecule has 144 valence electrons. The number of carbonyl (C=O) groups is 1. The van der Waals surface area contributed by atoms with E-state index in [-0.39, 0.29) is 17.3 Å². The van der Waals surface area contributed by atoms with E-state index in [2.05, 4.69) is 10.3 Å². The molecule has 0 saturated carbocycles. The van der Waals surface area contributed by atoms with Crippen molar-refractivity contribution < 1.29 is 17.9 Å². The third-order valence-corrected chi connectivity index (χ3v) is 6.32. The van der Waals surface area contributed by atoms with Gasteiger partial charge in [-0.3, -0.25) is 9.78 Å². The van der Waals surface area contributed by atoms with Gasteiger partial charge in [-0.05, 0) is 44.0 Å². The van der Waals surface area contributed by atoms with Crippen molar-refractivity contribution in [3.63, 3.8) is 0 Å². The quantitative estimate of drug-likeness (QED) is 0.820. The Morgan fingerprint density at radius 3 is 2.85 bits per heavy atom. The van der Waals surface area contributed by atoms with Crippen molar-refractivity contribution in [3.8, 4) is 5.75 Å². The van der Waals surface area contributed by atoms with Crippen LogP contribution in [0.25, 0.3) is 0 Å². The number of nitrogens with zero attached hydrogens (tertiary/aromatic N) is 2. The Kier molecular flexibility index (Phi) is 6.08. The van der Waals surface area contributed by atoms with Crippen molar-refractivity contribution in [2.24, 2.45) is 5.92 Å². The van der Waals surface area contributed by atoms with E-state index in [9.17, 15) is 13.2 Å². The van der Waals surface area contributed by atoms with E-state index in [4.69, 9.17) is 4.74 Å². The first-order valence-corrected chi connectivity index (χ1v) is 10.4. The molecule has 0 bridgehead atoms. The van der Waals surface area contributed by atoms with Gasteiger partial charge in [-0.2, -0.15) is 4.31 Å². The Morgan fingerprint density at radius 2 is 2.11 bits per heavy atom. The molecule has 1 aliphatic heterocycles. The molecule has 27 heavy (non-hydrogen) atoms. The molecule has 1 unspecified atom stereocenters. The summed E-state index contributed by atoms with van der Waals surface area (Å²) in [5.74, 6) is -0.0166. The summed E-state index contributed by atoms with van der Waals surface area (Å²) in [5.41, 5.74) is 0.594. The SMILES string of the molecule is CCOc1ccccc1NC(=O)C1CCCN(S(=O)(=O)c2cccnc2)C1. The number of pyridine rings is 1. The number of rotatable bonds is 6. The zero-order chi connectivity index (χ0) is 19.3. The van der Waals surface area contributed by atoms with Crippen LogP contribution in [0.2, 0.25) is 0 Å². The fourth-order valence-corrected chi connectivity index (χ4v) is 4.60. The standard InChI is InChI=1S/C19H23N3O4S/c1-2-26-18-10-4-3-9-17(18)21-19(23)15-7-6-12-22(14-15)27(24,25)16-8-5-11-20-13-16/h3-5,8-11,13,15H,2,6-7,12,14H2,1H3,(H,21,23). The van der Waals surface area contributed by atoms with Gasteiger partial charge in [0.15, 0.2) is 0 Å². The minimum atomic E-state index is -3.65. The topological polar surface area (TPSA) is 88.6 Å². The smallest absolute Gasteiger partial charge is 0.244 e. The number of sulfonamides is 1. The molecule has 1 aromatic heterocycles. The number of amides is 1. The highest BCUT2D eigenvalue weighted by Gasteiger charge is 2.33. The van der Waals surface area contributed by atoms with Crippen molar-refractivity contribution in [1.29, 1.82) is 0 Å². The maximum atomic E-state index is 12.8. The van der Waals surface area contributed by atoms with Crippen LogP contribution in [0.3, 0.4) is 0 Å². The van der Waals surface area contributed by atoms with Gasteiger partial charge in [-0.15, -0.1) is 0 Å². The van der Waals surface area contributed by atoms with E-state index in [0.717, 1.165) is 0 Å². The van der Waals surface area contributed by atoms with Gasteiger partial charge in [-0.1, -0.05) is 12.1 Å². The van der Waals surface area contributed by atoms with Crippen LogP contribution in [-0.2, 0) is 14.8 Å². The molecule has 1 atom stereocenters. The highest BCUT2D eigenvalue weighted by atomic mass is 32.2. The van der Waals surface area contributed by atoms with Gasteiger partial charge in [0.05, 0.1) is 18.2 Å². The average molecular weight is 389 g/mol. The number of anilines is 1. The Labute approximate surface area is 159 Å². The lowest BCUT2D eigenvalue weighted by molar-refractivity contribution is -0.120. The Balaban J connectivity index is 1.72. The molecule has 7 nitrogen and oxygen atoms in total. The fraction of sp³-hybridized carbons (Fsp3) is 0.368. The third-order valence-electron chi connectivity index (χ3n) is 4.47. The van der Waals surface area contributed by atoms with Crippen molar-refractivity contribution in [1.82, 2.24) is 9.29 Å². The summed E-state index contributed by atoms with van der Waals surface area (Å²) in [6, 6.07) is 10.3. The van der Waals surface area contributed by atoms with Crippen molar-refractivity contribution >= 4 is 21.6 Å². The van der Waals surface area contributed by atoms with Crippen LogP contribution in [0.4, 0.5) is 5.69 Å². The molecule has 1 amide bonds. The van der Waals surface area contributed by atoms with Crippen LogP contribution < -0.4 is 10.1 Å². The van der Waals surface area contributed by atoms with E-state index in [0.29, 0.717) is 37.4 Å². The van der Waals surface area contributed by atoms with E-state index >= 15 is 0 Å². The first-order valence-electron chi connectivity index (χ1n) is 8.95. The lowest BCUT2D eigenvalue weighted by Crippen LogP contribution is -2.43. The third kappa shape index (κ3) is 4.45. The van der Waals surface area contributed by atoms with Crippen LogP contribution in [0.15, 0.2) is 53.7 Å².